The van der Waals surface area contributed by atoms with Gasteiger partial charge in [0, 0.05) is 42.0 Å². The SMILES string of the molecule is Cc1nc(N)nc(C)c1CNc1ncnc2nn(Cc3ccc(Cn4cc(Cl)ccc4=O)cc3)cc12. The number of pyridine rings is 1. The van der Waals surface area contributed by atoms with E-state index in [-0.39, 0.29) is 11.5 Å². The summed E-state index contributed by atoms with van der Waals surface area (Å²) in [6, 6.07) is 11.1. The molecule has 5 rings (SSSR count). The van der Waals surface area contributed by atoms with E-state index in [9.17, 15) is 4.79 Å². The first kappa shape index (κ1) is 23.4. The second-order valence-corrected chi connectivity index (χ2v) is 8.94. The number of benzene rings is 1. The van der Waals surface area contributed by atoms with E-state index in [1.807, 2.05) is 49.0 Å². The van der Waals surface area contributed by atoms with Gasteiger partial charge in [-0.05, 0) is 31.0 Å². The van der Waals surface area contributed by atoms with Gasteiger partial charge in [0.25, 0.3) is 5.56 Å². The first-order valence-electron chi connectivity index (χ1n) is 11.3. The van der Waals surface area contributed by atoms with Crippen LogP contribution in [0.25, 0.3) is 11.0 Å². The van der Waals surface area contributed by atoms with Crippen LogP contribution in [0.2, 0.25) is 5.02 Å². The molecule has 0 aliphatic rings. The number of rotatable bonds is 7. The molecular formula is C25H24ClN9O. The van der Waals surface area contributed by atoms with Crippen LogP contribution in [0.5, 0.6) is 0 Å². The van der Waals surface area contributed by atoms with Crippen molar-refractivity contribution in [3.8, 4) is 0 Å². The molecule has 0 saturated carbocycles. The molecule has 36 heavy (non-hydrogen) atoms. The molecule has 1 aromatic carbocycles. The number of nitrogens with one attached hydrogen (secondary N) is 1. The van der Waals surface area contributed by atoms with E-state index in [1.165, 1.54) is 12.4 Å². The van der Waals surface area contributed by atoms with Crippen LogP contribution in [0.3, 0.4) is 0 Å². The fraction of sp³-hybridized carbons (Fsp3) is 0.200. The number of halogens is 1. The average Bonchev–Trinajstić information content (AvgIpc) is 3.25. The largest absolute Gasteiger partial charge is 0.368 e. The summed E-state index contributed by atoms with van der Waals surface area (Å²) < 4.78 is 3.42. The van der Waals surface area contributed by atoms with E-state index in [1.54, 1.807) is 16.8 Å². The zero-order valence-electron chi connectivity index (χ0n) is 19.8. The molecule has 4 heterocycles. The van der Waals surface area contributed by atoms with Crippen molar-refractivity contribution in [2.75, 3.05) is 11.1 Å². The van der Waals surface area contributed by atoms with Crippen molar-refractivity contribution in [1.82, 2.24) is 34.3 Å². The molecular weight excluding hydrogens is 478 g/mol. The average molecular weight is 502 g/mol. The first-order chi connectivity index (χ1) is 17.4. The molecule has 0 amide bonds. The number of nitrogens with zero attached hydrogens (tertiary/aromatic N) is 7. The lowest BCUT2D eigenvalue weighted by molar-refractivity contribution is 0.692. The van der Waals surface area contributed by atoms with Crippen molar-refractivity contribution in [1.29, 1.82) is 0 Å². The predicted octanol–water partition coefficient (Wildman–Crippen LogP) is 3.34. The predicted molar refractivity (Wildman–Crippen MR) is 139 cm³/mol. The van der Waals surface area contributed by atoms with E-state index >= 15 is 0 Å². The normalized spacial score (nSPS) is 11.2. The van der Waals surface area contributed by atoms with Crippen molar-refractivity contribution >= 4 is 34.4 Å². The third kappa shape index (κ3) is 5.03. The van der Waals surface area contributed by atoms with Crippen LogP contribution in [-0.4, -0.2) is 34.3 Å². The number of anilines is 2. The minimum absolute atomic E-state index is 0.0912. The molecule has 4 aromatic heterocycles. The fourth-order valence-electron chi connectivity index (χ4n) is 4.06. The first-order valence-corrected chi connectivity index (χ1v) is 11.7. The van der Waals surface area contributed by atoms with Crippen LogP contribution in [0, 0.1) is 13.8 Å². The summed E-state index contributed by atoms with van der Waals surface area (Å²) in [6.45, 7) is 5.35. The Hall–Kier alpha value is -4.31. The van der Waals surface area contributed by atoms with E-state index in [4.69, 9.17) is 17.3 Å². The molecule has 0 unspecified atom stereocenters. The number of aryl methyl sites for hydroxylation is 2. The van der Waals surface area contributed by atoms with Crippen LogP contribution in [-0.2, 0) is 19.6 Å². The van der Waals surface area contributed by atoms with E-state index in [0.29, 0.717) is 36.1 Å². The lowest BCUT2D eigenvalue weighted by Gasteiger charge is -2.11. The summed E-state index contributed by atoms with van der Waals surface area (Å²) in [7, 11) is 0. The van der Waals surface area contributed by atoms with Gasteiger partial charge in [0.15, 0.2) is 5.65 Å². The lowest BCUT2D eigenvalue weighted by atomic mass is 10.1. The molecule has 0 aliphatic carbocycles. The second kappa shape index (κ2) is 9.74. The Morgan fingerprint density at radius 1 is 0.944 bits per heavy atom. The van der Waals surface area contributed by atoms with Gasteiger partial charge in [-0.25, -0.2) is 19.9 Å². The quantitative estimate of drug-likeness (QED) is 0.347. The maximum atomic E-state index is 12.0. The summed E-state index contributed by atoms with van der Waals surface area (Å²) in [4.78, 5) is 29.3. The molecule has 0 atom stereocenters. The second-order valence-electron chi connectivity index (χ2n) is 8.50. The molecule has 0 radical (unpaired) electrons. The standard InChI is InChI=1S/C25H24ClN9O/c1-15-20(16(2)32-25(27)31-15)9-28-23-21-13-35(33-24(21)30-14-29-23)11-18-5-3-17(4-6-18)10-34-12-19(26)7-8-22(34)36/h3-8,12-14H,9-11H2,1-2H3,(H2,27,31,32)(H,28,29,30,33). The number of nitrogens with two attached hydrogens (primary N) is 1. The van der Waals surface area contributed by atoms with E-state index in [0.717, 1.165) is 33.5 Å². The highest BCUT2D eigenvalue weighted by atomic mass is 35.5. The number of nitrogen functional groups attached to an aromatic ring is 1. The highest BCUT2D eigenvalue weighted by Gasteiger charge is 2.12. The summed E-state index contributed by atoms with van der Waals surface area (Å²) in [5.41, 5.74) is 11.0. The summed E-state index contributed by atoms with van der Waals surface area (Å²) >= 11 is 6.02. The summed E-state index contributed by atoms with van der Waals surface area (Å²) in [5, 5.41) is 9.31. The lowest BCUT2D eigenvalue weighted by Crippen LogP contribution is -2.18. The number of aromatic nitrogens is 7. The van der Waals surface area contributed by atoms with Gasteiger partial charge in [-0.3, -0.25) is 9.48 Å². The maximum absolute atomic E-state index is 12.0. The Morgan fingerprint density at radius 2 is 1.64 bits per heavy atom. The third-order valence-electron chi connectivity index (χ3n) is 5.90. The van der Waals surface area contributed by atoms with Crippen LogP contribution in [0.4, 0.5) is 11.8 Å². The fourth-order valence-corrected chi connectivity index (χ4v) is 4.24. The van der Waals surface area contributed by atoms with Crippen molar-refractivity contribution in [2.45, 2.75) is 33.5 Å². The van der Waals surface area contributed by atoms with Gasteiger partial charge >= 0.3 is 0 Å². The van der Waals surface area contributed by atoms with Crippen LogP contribution >= 0.6 is 11.6 Å². The van der Waals surface area contributed by atoms with Gasteiger partial charge in [-0.1, -0.05) is 35.9 Å². The summed E-state index contributed by atoms with van der Waals surface area (Å²) in [6.07, 6.45) is 5.06. The van der Waals surface area contributed by atoms with Crippen molar-refractivity contribution in [2.24, 2.45) is 0 Å². The molecule has 10 nitrogen and oxygen atoms in total. The van der Waals surface area contributed by atoms with Gasteiger partial charge < -0.3 is 15.6 Å². The van der Waals surface area contributed by atoms with Crippen LogP contribution in [0.1, 0.15) is 28.1 Å². The Kier molecular flexibility index (Phi) is 6.34. The molecule has 0 bridgehead atoms. The molecule has 0 saturated heterocycles. The van der Waals surface area contributed by atoms with E-state index in [2.05, 4.69) is 30.4 Å². The van der Waals surface area contributed by atoms with Crippen LogP contribution in [0.15, 0.2) is 59.9 Å². The Bertz CT molecular complexity index is 1590. The van der Waals surface area contributed by atoms with Gasteiger partial charge in [0.2, 0.25) is 5.95 Å². The Morgan fingerprint density at radius 3 is 2.36 bits per heavy atom. The topological polar surface area (TPSA) is 129 Å². The highest BCUT2D eigenvalue weighted by molar-refractivity contribution is 6.30. The van der Waals surface area contributed by atoms with E-state index < -0.39 is 0 Å². The summed E-state index contributed by atoms with van der Waals surface area (Å²) in [5.74, 6) is 0.954. The van der Waals surface area contributed by atoms with Crippen molar-refractivity contribution in [3.63, 3.8) is 0 Å². The van der Waals surface area contributed by atoms with Gasteiger partial charge in [0.1, 0.15) is 12.1 Å². The minimum atomic E-state index is -0.0912. The smallest absolute Gasteiger partial charge is 0.250 e. The zero-order valence-corrected chi connectivity index (χ0v) is 20.6. The molecule has 182 valence electrons. The molecule has 11 heteroatoms. The molecule has 3 N–H and O–H groups in total. The maximum Gasteiger partial charge on any atom is 0.250 e. The molecule has 5 aromatic rings. The monoisotopic (exact) mass is 501 g/mol. The highest BCUT2D eigenvalue weighted by Crippen LogP contribution is 2.21. The number of hydrogen-bond donors (Lipinski definition) is 2. The zero-order chi connectivity index (χ0) is 25.2. The van der Waals surface area contributed by atoms with Crippen molar-refractivity contribution in [3.05, 3.63) is 98.6 Å². The van der Waals surface area contributed by atoms with Crippen molar-refractivity contribution < 1.29 is 0 Å². The minimum Gasteiger partial charge on any atom is -0.368 e. The Balaban J connectivity index is 1.31. The van der Waals surface area contributed by atoms with Gasteiger partial charge in [-0.15, -0.1) is 0 Å². The Labute approximate surface area is 211 Å². The number of fused-ring (bicyclic) bond motifs is 1. The van der Waals surface area contributed by atoms with Crippen LogP contribution < -0.4 is 16.6 Å². The third-order valence-corrected chi connectivity index (χ3v) is 6.13. The molecule has 0 spiro atoms. The molecule has 0 fully saturated rings. The number of hydrogen-bond acceptors (Lipinski definition) is 8. The molecule has 0 aliphatic heterocycles. The van der Waals surface area contributed by atoms with Gasteiger partial charge in [-0.2, -0.15) is 5.10 Å². The van der Waals surface area contributed by atoms with Gasteiger partial charge in [0.05, 0.1) is 23.5 Å².